The second kappa shape index (κ2) is 10.9. The summed E-state index contributed by atoms with van der Waals surface area (Å²) < 4.78 is 28.7. The number of hydrogen-bond acceptors (Lipinski definition) is 7. The molecule has 1 aliphatic rings. The monoisotopic (exact) mass is 554 g/mol. The molecule has 0 radical (unpaired) electrons. The average molecular weight is 556 g/mol. The molecular weight excluding hydrogens is 522 g/mol. The quantitative estimate of drug-likeness (QED) is 0.146. The number of aromatic nitrogens is 5. The van der Waals surface area contributed by atoms with Crippen LogP contribution < -0.4 is 4.90 Å². The Morgan fingerprint density at radius 1 is 1.14 bits per heavy atom. The standard InChI is InChI=1S/C24H33Cl2FN6O2Si/c1-24(2,3)36(4,5)35-11-7-10-34-15-16-12-17-14-32(8-6-9-33(17)31-16)22-18-13-28-21(25)19(27)20(18)29-23(26)30-22/h12-13H,6-11,14-15H2,1-5H3. The normalized spacial score (nSPS) is 14.8. The number of rotatable bonds is 8. The Morgan fingerprint density at radius 3 is 2.67 bits per heavy atom. The highest BCUT2D eigenvalue weighted by molar-refractivity contribution is 6.74. The zero-order chi connectivity index (χ0) is 26.1. The van der Waals surface area contributed by atoms with E-state index < -0.39 is 14.1 Å². The van der Waals surface area contributed by atoms with Gasteiger partial charge in [-0.2, -0.15) is 10.1 Å². The van der Waals surface area contributed by atoms with Gasteiger partial charge in [0.25, 0.3) is 0 Å². The fourth-order valence-electron chi connectivity index (χ4n) is 3.89. The molecule has 0 amide bonds. The smallest absolute Gasteiger partial charge is 0.225 e. The van der Waals surface area contributed by atoms with E-state index in [4.69, 9.17) is 37.5 Å². The molecule has 0 aromatic carbocycles. The summed E-state index contributed by atoms with van der Waals surface area (Å²) in [5.41, 5.74) is 1.97. The molecule has 0 saturated carbocycles. The molecule has 36 heavy (non-hydrogen) atoms. The van der Waals surface area contributed by atoms with Crippen LogP contribution in [0.15, 0.2) is 12.3 Å². The molecule has 0 atom stereocenters. The van der Waals surface area contributed by atoms with Crippen LogP contribution in [0.5, 0.6) is 0 Å². The Labute approximate surface area is 222 Å². The molecule has 3 aromatic heterocycles. The fraction of sp³-hybridized carbons (Fsp3) is 0.583. The Morgan fingerprint density at radius 2 is 1.92 bits per heavy atom. The van der Waals surface area contributed by atoms with Gasteiger partial charge < -0.3 is 14.1 Å². The average Bonchev–Trinajstić information content (AvgIpc) is 3.07. The van der Waals surface area contributed by atoms with Crippen LogP contribution in [-0.4, -0.2) is 52.8 Å². The highest BCUT2D eigenvalue weighted by Crippen LogP contribution is 2.36. The second-order valence-corrected chi connectivity index (χ2v) is 16.1. The minimum absolute atomic E-state index is 0.0388. The molecule has 3 aromatic rings. The molecule has 4 rings (SSSR count). The Kier molecular flexibility index (Phi) is 8.21. The van der Waals surface area contributed by atoms with Gasteiger partial charge in [-0.05, 0) is 48.6 Å². The van der Waals surface area contributed by atoms with E-state index in [9.17, 15) is 4.39 Å². The van der Waals surface area contributed by atoms with Gasteiger partial charge >= 0.3 is 0 Å². The van der Waals surface area contributed by atoms with Crippen LogP contribution in [0.25, 0.3) is 10.9 Å². The third-order valence-corrected chi connectivity index (χ3v) is 11.9. The molecule has 0 aliphatic carbocycles. The Balaban J connectivity index is 1.39. The van der Waals surface area contributed by atoms with E-state index in [2.05, 4.69) is 48.8 Å². The molecule has 8 nitrogen and oxygen atoms in total. The van der Waals surface area contributed by atoms with E-state index in [-0.39, 0.29) is 21.0 Å². The number of ether oxygens (including phenoxy) is 1. The van der Waals surface area contributed by atoms with Crippen LogP contribution in [0, 0.1) is 5.82 Å². The van der Waals surface area contributed by atoms with Crippen molar-refractivity contribution < 1.29 is 13.6 Å². The lowest BCUT2D eigenvalue weighted by atomic mass is 10.2. The number of anilines is 1. The number of hydrogen-bond donors (Lipinski definition) is 0. The van der Waals surface area contributed by atoms with E-state index in [1.807, 2.05) is 15.6 Å². The minimum atomic E-state index is -1.73. The van der Waals surface area contributed by atoms with Crippen molar-refractivity contribution in [3.63, 3.8) is 0 Å². The van der Waals surface area contributed by atoms with Crippen LogP contribution in [0.3, 0.4) is 0 Å². The molecule has 12 heteroatoms. The zero-order valence-electron chi connectivity index (χ0n) is 21.4. The van der Waals surface area contributed by atoms with Crippen LogP contribution in [-0.2, 0) is 28.9 Å². The van der Waals surface area contributed by atoms with Gasteiger partial charge in [0.2, 0.25) is 5.28 Å². The maximum Gasteiger partial charge on any atom is 0.225 e. The van der Waals surface area contributed by atoms with Gasteiger partial charge in [-0.3, -0.25) is 4.68 Å². The van der Waals surface area contributed by atoms with Crippen molar-refractivity contribution >= 4 is 48.2 Å². The SMILES string of the molecule is CC(C)(C)[Si](C)(C)OCCCOCc1cc2n(n1)CCCN(c1nc(Cl)nc3c(F)c(Cl)ncc13)C2. The van der Waals surface area contributed by atoms with Crippen molar-refractivity contribution in [2.24, 2.45) is 0 Å². The van der Waals surface area contributed by atoms with Crippen LogP contribution in [0.2, 0.25) is 28.6 Å². The first-order chi connectivity index (χ1) is 17.0. The van der Waals surface area contributed by atoms with Crippen molar-refractivity contribution in [3.8, 4) is 0 Å². The summed E-state index contributed by atoms with van der Waals surface area (Å²) >= 11 is 12.0. The van der Waals surface area contributed by atoms with Gasteiger partial charge in [0, 0.05) is 32.5 Å². The summed E-state index contributed by atoms with van der Waals surface area (Å²) in [5.74, 6) is -0.170. The molecule has 0 bridgehead atoms. The number of fused-ring (bicyclic) bond motifs is 2. The minimum Gasteiger partial charge on any atom is -0.417 e. The molecule has 4 heterocycles. The van der Waals surface area contributed by atoms with E-state index >= 15 is 0 Å². The van der Waals surface area contributed by atoms with Gasteiger partial charge in [0.15, 0.2) is 19.3 Å². The molecular formula is C24H33Cl2FN6O2Si. The zero-order valence-corrected chi connectivity index (χ0v) is 24.0. The molecule has 0 fully saturated rings. The third-order valence-electron chi connectivity index (χ3n) is 6.91. The summed E-state index contributed by atoms with van der Waals surface area (Å²) in [7, 11) is -1.73. The lowest BCUT2D eigenvalue weighted by Gasteiger charge is -2.36. The fourth-order valence-corrected chi connectivity index (χ4v) is 5.28. The maximum absolute atomic E-state index is 14.6. The Hall–Kier alpha value is -1.85. The number of halogens is 3. The van der Waals surface area contributed by atoms with E-state index in [1.54, 1.807) is 0 Å². The predicted octanol–water partition coefficient (Wildman–Crippen LogP) is 6.01. The summed E-state index contributed by atoms with van der Waals surface area (Å²) in [6.45, 7) is 15.0. The molecule has 0 unspecified atom stereocenters. The van der Waals surface area contributed by atoms with Gasteiger partial charge in [-0.1, -0.05) is 32.4 Å². The molecule has 196 valence electrons. The van der Waals surface area contributed by atoms with Crippen LogP contribution in [0.1, 0.15) is 45.0 Å². The van der Waals surface area contributed by atoms with Crippen molar-refractivity contribution in [1.82, 2.24) is 24.7 Å². The number of pyridine rings is 1. The third kappa shape index (κ3) is 5.99. The first kappa shape index (κ1) is 27.2. The van der Waals surface area contributed by atoms with Crippen molar-refractivity contribution in [1.29, 1.82) is 0 Å². The summed E-state index contributed by atoms with van der Waals surface area (Å²) in [6.07, 6.45) is 3.18. The summed E-state index contributed by atoms with van der Waals surface area (Å²) in [5, 5.41) is 5.12. The van der Waals surface area contributed by atoms with Crippen molar-refractivity contribution in [2.45, 2.75) is 71.4 Å². The van der Waals surface area contributed by atoms with Crippen molar-refractivity contribution in [2.75, 3.05) is 24.7 Å². The highest BCUT2D eigenvalue weighted by Gasteiger charge is 2.36. The molecule has 0 spiro atoms. The maximum atomic E-state index is 14.6. The van der Waals surface area contributed by atoms with Gasteiger partial charge in [-0.25, -0.2) is 14.4 Å². The van der Waals surface area contributed by atoms with E-state index in [0.29, 0.717) is 44.1 Å². The first-order valence-electron chi connectivity index (χ1n) is 12.2. The van der Waals surface area contributed by atoms with E-state index in [0.717, 1.165) is 30.8 Å². The van der Waals surface area contributed by atoms with E-state index in [1.165, 1.54) is 6.20 Å². The van der Waals surface area contributed by atoms with Crippen LogP contribution in [0.4, 0.5) is 10.2 Å². The van der Waals surface area contributed by atoms with Gasteiger partial charge in [0.05, 0.1) is 29.9 Å². The number of aryl methyl sites for hydroxylation is 1. The highest BCUT2D eigenvalue weighted by atomic mass is 35.5. The molecule has 0 saturated heterocycles. The predicted molar refractivity (Wildman–Crippen MR) is 143 cm³/mol. The number of nitrogens with zero attached hydrogens (tertiary/aromatic N) is 6. The largest absolute Gasteiger partial charge is 0.417 e. The summed E-state index contributed by atoms with van der Waals surface area (Å²) in [6, 6.07) is 2.05. The lowest BCUT2D eigenvalue weighted by molar-refractivity contribution is 0.103. The van der Waals surface area contributed by atoms with Crippen molar-refractivity contribution in [3.05, 3.63) is 39.9 Å². The van der Waals surface area contributed by atoms with Gasteiger partial charge in [0.1, 0.15) is 11.3 Å². The molecule has 0 N–H and O–H groups in total. The topological polar surface area (TPSA) is 78.2 Å². The van der Waals surface area contributed by atoms with Crippen LogP contribution >= 0.6 is 23.2 Å². The summed E-state index contributed by atoms with van der Waals surface area (Å²) in [4.78, 5) is 14.4. The first-order valence-corrected chi connectivity index (χ1v) is 15.8. The Bertz CT molecular complexity index is 1230. The second-order valence-electron chi connectivity index (χ2n) is 10.6. The lowest BCUT2D eigenvalue weighted by Crippen LogP contribution is -2.41. The molecule has 1 aliphatic heterocycles. The van der Waals surface area contributed by atoms with Gasteiger partial charge in [-0.15, -0.1) is 0 Å².